The van der Waals surface area contributed by atoms with Crippen LogP contribution in [0.1, 0.15) is 43.4 Å². The van der Waals surface area contributed by atoms with E-state index in [4.69, 9.17) is 17.3 Å². The minimum absolute atomic E-state index is 0.132. The Kier molecular flexibility index (Phi) is 4.43. The van der Waals surface area contributed by atoms with Gasteiger partial charge < -0.3 is 5.73 Å². The summed E-state index contributed by atoms with van der Waals surface area (Å²) in [5, 5.41) is 0.784. The average Bonchev–Trinajstić information content (AvgIpc) is 2.12. The van der Waals surface area contributed by atoms with Crippen LogP contribution in [-0.2, 0) is 0 Å². The van der Waals surface area contributed by atoms with Crippen molar-refractivity contribution in [3.05, 3.63) is 34.3 Å². The largest absolute Gasteiger partial charge is 0.324 e. The van der Waals surface area contributed by atoms with Crippen LogP contribution < -0.4 is 5.73 Å². The molecule has 78 valence electrons. The van der Waals surface area contributed by atoms with Crippen LogP contribution in [0.15, 0.2) is 18.2 Å². The van der Waals surface area contributed by atoms with Crippen molar-refractivity contribution in [2.24, 2.45) is 5.73 Å². The van der Waals surface area contributed by atoms with Gasteiger partial charge in [0.25, 0.3) is 0 Å². The van der Waals surface area contributed by atoms with E-state index >= 15 is 0 Å². The Morgan fingerprint density at radius 3 is 2.64 bits per heavy atom. The second-order valence-electron chi connectivity index (χ2n) is 3.81. The Morgan fingerprint density at radius 1 is 1.36 bits per heavy atom. The molecule has 0 saturated carbocycles. The summed E-state index contributed by atoms with van der Waals surface area (Å²) in [5.41, 5.74) is 8.40. The molecule has 0 aromatic heterocycles. The Morgan fingerprint density at radius 2 is 2.07 bits per heavy atom. The second-order valence-corrected chi connectivity index (χ2v) is 4.25. The first kappa shape index (κ1) is 11.5. The molecule has 1 atom stereocenters. The molecule has 0 bridgehead atoms. The zero-order valence-corrected chi connectivity index (χ0v) is 9.64. The molecule has 1 aromatic rings. The molecule has 0 saturated heterocycles. The third-order valence-corrected chi connectivity index (χ3v) is 2.58. The number of benzene rings is 1. The van der Waals surface area contributed by atoms with Gasteiger partial charge in [0.05, 0.1) is 0 Å². The van der Waals surface area contributed by atoms with E-state index < -0.39 is 0 Å². The summed E-state index contributed by atoms with van der Waals surface area (Å²) >= 11 is 5.97. The number of nitrogens with two attached hydrogens (primary N) is 1. The van der Waals surface area contributed by atoms with Crippen molar-refractivity contribution in [2.75, 3.05) is 0 Å². The summed E-state index contributed by atoms with van der Waals surface area (Å²) in [6.45, 7) is 4.22. The molecule has 14 heavy (non-hydrogen) atoms. The minimum Gasteiger partial charge on any atom is -0.324 e. The topological polar surface area (TPSA) is 26.0 Å². The highest BCUT2D eigenvalue weighted by Gasteiger charge is 2.06. The molecule has 0 aliphatic heterocycles. The lowest BCUT2D eigenvalue weighted by molar-refractivity contribution is 0.603. The van der Waals surface area contributed by atoms with E-state index in [-0.39, 0.29) is 6.04 Å². The van der Waals surface area contributed by atoms with Crippen LogP contribution in [0.4, 0.5) is 0 Å². The molecular formula is C12H18ClN. The highest BCUT2D eigenvalue weighted by molar-refractivity contribution is 6.30. The zero-order valence-electron chi connectivity index (χ0n) is 8.89. The molecule has 1 unspecified atom stereocenters. The van der Waals surface area contributed by atoms with Gasteiger partial charge in [-0.1, -0.05) is 37.4 Å². The van der Waals surface area contributed by atoms with Crippen LogP contribution in [0, 0.1) is 6.92 Å². The first-order valence-corrected chi connectivity index (χ1v) is 5.54. The first-order chi connectivity index (χ1) is 6.63. The number of aryl methyl sites for hydroxylation is 1. The van der Waals surface area contributed by atoms with Crippen molar-refractivity contribution in [1.82, 2.24) is 0 Å². The van der Waals surface area contributed by atoms with Gasteiger partial charge in [0.2, 0.25) is 0 Å². The summed E-state index contributed by atoms with van der Waals surface area (Å²) < 4.78 is 0. The number of hydrogen-bond acceptors (Lipinski definition) is 1. The number of unbranched alkanes of at least 4 members (excludes halogenated alkanes) is 1. The molecule has 2 heteroatoms. The lowest BCUT2D eigenvalue weighted by Gasteiger charge is -2.12. The third kappa shape index (κ3) is 3.32. The van der Waals surface area contributed by atoms with Gasteiger partial charge in [-0.15, -0.1) is 0 Å². The minimum atomic E-state index is 0.132. The van der Waals surface area contributed by atoms with E-state index in [0.717, 1.165) is 17.0 Å². The van der Waals surface area contributed by atoms with Crippen molar-refractivity contribution < 1.29 is 0 Å². The van der Waals surface area contributed by atoms with E-state index in [1.165, 1.54) is 18.4 Å². The van der Waals surface area contributed by atoms with E-state index in [1.54, 1.807) is 0 Å². The Labute approximate surface area is 91.3 Å². The van der Waals surface area contributed by atoms with Crippen LogP contribution >= 0.6 is 11.6 Å². The fourth-order valence-electron chi connectivity index (χ4n) is 1.57. The first-order valence-electron chi connectivity index (χ1n) is 5.16. The smallest absolute Gasteiger partial charge is 0.0411 e. The molecule has 0 fully saturated rings. The monoisotopic (exact) mass is 211 g/mol. The van der Waals surface area contributed by atoms with Crippen molar-refractivity contribution in [3.63, 3.8) is 0 Å². The maximum Gasteiger partial charge on any atom is 0.0411 e. The molecule has 0 aliphatic carbocycles. The molecule has 0 aliphatic rings. The van der Waals surface area contributed by atoms with Gasteiger partial charge in [-0.05, 0) is 36.6 Å². The Bertz CT molecular complexity index is 276. The van der Waals surface area contributed by atoms with Crippen LogP contribution in [0.2, 0.25) is 5.02 Å². The Balaban J connectivity index is 2.73. The quantitative estimate of drug-likeness (QED) is 0.805. The highest BCUT2D eigenvalue weighted by atomic mass is 35.5. The molecule has 1 rings (SSSR count). The molecule has 1 aromatic carbocycles. The summed E-state index contributed by atoms with van der Waals surface area (Å²) in [7, 11) is 0. The van der Waals surface area contributed by atoms with Crippen molar-refractivity contribution in [3.8, 4) is 0 Å². The molecule has 0 amide bonds. The van der Waals surface area contributed by atoms with E-state index in [2.05, 4.69) is 13.0 Å². The number of halogens is 1. The lowest BCUT2D eigenvalue weighted by Crippen LogP contribution is -2.10. The highest BCUT2D eigenvalue weighted by Crippen LogP contribution is 2.22. The van der Waals surface area contributed by atoms with Crippen LogP contribution in [0.3, 0.4) is 0 Å². The normalized spacial score (nSPS) is 12.9. The van der Waals surface area contributed by atoms with Gasteiger partial charge in [-0.3, -0.25) is 0 Å². The molecule has 0 spiro atoms. The van der Waals surface area contributed by atoms with Gasteiger partial charge >= 0.3 is 0 Å². The summed E-state index contributed by atoms with van der Waals surface area (Å²) in [5.74, 6) is 0. The van der Waals surface area contributed by atoms with Gasteiger partial charge in [-0.2, -0.15) is 0 Å². The fraction of sp³-hybridized carbons (Fsp3) is 0.500. The average molecular weight is 212 g/mol. The van der Waals surface area contributed by atoms with E-state index in [1.807, 2.05) is 19.1 Å². The van der Waals surface area contributed by atoms with Gasteiger partial charge in [-0.25, -0.2) is 0 Å². The predicted octanol–water partition coefficient (Wildman–Crippen LogP) is 3.84. The number of rotatable bonds is 4. The fourth-order valence-corrected chi connectivity index (χ4v) is 1.87. The van der Waals surface area contributed by atoms with E-state index in [9.17, 15) is 0 Å². The Hall–Kier alpha value is -0.530. The van der Waals surface area contributed by atoms with Crippen molar-refractivity contribution >= 4 is 11.6 Å². The van der Waals surface area contributed by atoms with Crippen LogP contribution in [0.5, 0.6) is 0 Å². The lowest BCUT2D eigenvalue weighted by atomic mass is 10.0. The summed E-state index contributed by atoms with van der Waals surface area (Å²) in [6.07, 6.45) is 3.40. The van der Waals surface area contributed by atoms with Gasteiger partial charge in [0.15, 0.2) is 0 Å². The summed E-state index contributed by atoms with van der Waals surface area (Å²) in [4.78, 5) is 0. The van der Waals surface area contributed by atoms with E-state index in [0.29, 0.717) is 0 Å². The maximum atomic E-state index is 6.06. The SMILES string of the molecule is CCCCC(N)c1cc(C)cc(Cl)c1. The molecule has 0 radical (unpaired) electrons. The second kappa shape index (κ2) is 5.38. The zero-order chi connectivity index (χ0) is 10.6. The molecule has 0 heterocycles. The molecular weight excluding hydrogens is 194 g/mol. The summed E-state index contributed by atoms with van der Waals surface area (Å²) in [6, 6.07) is 6.17. The van der Waals surface area contributed by atoms with Crippen LogP contribution in [0.25, 0.3) is 0 Å². The number of hydrogen-bond donors (Lipinski definition) is 1. The van der Waals surface area contributed by atoms with Crippen molar-refractivity contribution in [1.29, 1.82) is 0 Å². The third-order valence-electron chi connectivity index (χ3n) is 2.36. The maximum absolute atomic E-state index is 6.06. The van der Waals surface area contributed by atoms with Gasteiger partial charge in [0, 0.05) is 11.1 Å². The molecule has 2 N–H and O–H groups in total. The van der Waals surface area contributed by atoms with Crippen LogP contribution in [-0.4, -0.2) is 0 Å². The molecule has 1 nitrogen and oxygen atoms in total. The van der Waals surface area contributed by atoms with Gasteiger partial charge in [0.1, 0.15) is 0 Å². The van der Waals surface area contributed by atoms with Crippen molar-refractivity contribution in [2.45, 2.75) is 39.2 Å². The standard InChI is InChI=1S/C12H18ClN/c1-3-4-5-12(14)10-6-9(2)7-11(13)8-10/h6-8,12H,3-5,14H2,1-2H3. The predicted molar refractivity (Wildman–Crippen MR) is 62.6 cm³/mol.